The van der Waals surface area contributed by atoms with E-state index >= 15 is 0 Å². The van der Waals surface area contributed by atoms with E-state index in [4.69, 9.17) is 5.73 Å². The molecule has 2 unspecified atom stereocenters. The lowest BCUT2D eigenvalue weighted by atomic mass is 10.1. The van der Waals surface area contributed by atoms with Crippen LogP contribution in [0.2, 0.25) is 0 Å². The van der Waals surface area contributed by atoms with E-state index < -0.39 is 0 Å². The number of rotatable bonds is 2. The fourth-order valence-corrected chi connectivity index (χ4v) is 3.36. The molecule has 1 heterocycles. The van der Waals surface area contributed by atoms with Gasteiger partial charge in [-0.15, -0.1) is 0 Å². The van der Waals surface area contributed by atoms with Crippen molar-refractivity contribution in [1.29, 1.82) is 0 Å². The van der Waals surface area contributed by atoms with Crippen LogP contribution in [0.3, 0.4) is 0 Å². The molecule has 1 aromatic carbocycles. The maximum Gasteiger partial charge on any atom is 0.0396 e. The van der Waals surface area contributed by atoms with Gasteiger partial charge in [0.15, 0.2) is 0 Å². The molecule has 0 amide bonds. The van der Waals surface area contributed by atoms with E-state index in [0.29, 0.717) is 0 Å². The lowest BCUT2D eigenvalue weighted by Gasteiger charge is -2.24. The zero-order valence-electron chi connectivity index (χ0n) is 10.1. The number of hydrogen-bond acceptors (Lipinski definition) is 2. The molecule has 86 valence electrons. The highest BCUT2D eigenvalue weighted by atomic mass is 15.2. The third-order valence-electron chi connectivity index (χ3n) is 4.34. The van der Waals surface area contributed by atoms with Gasteiger partial charge in [0.05, 0.1) is 0 Å². The van der Waals surface area contributed by atoms with Crippen molar-refractivity contribution in [2.75, 3.05) is 24.5 Å². The lowest BCUT2D eigenvalue weighted by molar-refractivity contribution is 0.647. The van der Waals surface area contributed by atoms with Crippen molar-refractivity contribution < 1.29 is 0 Å². The molecule has 2 atom stereocenters. The van der Waals surface area contributed by atoms with Crippen molar-refractivity contribution in [2.45, 2.75) is 13.8 Å². The lowest BCUT2D eigenvalue weighted by Crippen LogP contribution is -2.26. The highest BCUT2D eigenvalue weighted by molar-refractivity contribution is 5.56. The molecule has 2 nitrogen and oxygen atoms in total. The summed E-state index contributed by atoms with van der Waals surface area (Å²) in [5, 5.41) is 0. The monoisotopic (exact) mass is 216 g/mol. The molecule has 0 aromatic heterocycles. The smallest absolute Gasteiger partial charge is 0.0396 e. The van der Waals surface area contributed by atoms with Gasteiger partial charge in [0.25, 0.3) is 0 Å². The Bertz CT molecular complexity index is 401. The molecule has 0 bridgehead atoms. The number of fused-ring (bicyclic) bond motifs is 1. The molecule has 1 aromatic rings. The molecular weight excluding hydrogens is 196 g/mol. The Balaban J connectivity index is 1.76. The summed E-state index contributed by atoms with van der Waals surface area (Å²) in [6, 6.07) is 6.76. The number of piperidine rings is 1. The fourth-order valence-electron chi connectivity index (χ4n) is 3.36. The molecule has 2 aliphatic rings. The molecule has 1 saturated heterocycles. The van der Waals surface area contributed by atoms with Crippen molar-refractivity contribution in [3.63, 3.8) is 0 Å². The average molecular weight is 216 g/mol. The average Bonchev–Trinajstić information content (AvgIpc) is 2.71. The quantitative estimate of drug-likeness (QED) is 0.818. The van der Waals surface area contributed by atoms with Crippen molar-refractivity contribution >= 4 is 5.69 Å². The molecule has 16 heavy (non-hydrogen) atoms. The summed E-state index contributed by atoms with van der Waals surface area (Å²) in [6.07, 6.45) is 0. The number of nitrogens with two attached hydrogens (primary N) is 1. The predicted octanol–water partition coefficient (Wildman–Crippen LogP) is 1.94. The van der Waals surface area contributed by atoms with E-state index in [1.165, 1.54) is 29.9 Å². The maximum atomic E-state index is 5.74. The number of benzene rings is 1. The molecule has 1 saturated carbocycles. The van der Waals surface area contributed by atoms with Gasteiger partial charge < -0.3 is 10.6 Å². The zero-order valence-corrected chi connectivity index (χ0v) is 10.1. The van der Waals surface area contributed by atoms with Gasteiger partial charge in [0, 0.05) is 18.8 Å². The van der Waals surface area contributed by atoms with Crippen molar-refractivity contribution in [3.05, 3.63) is 29.3 Å². The van der Waals surface area contributed by atoms with Gasteiger partial charge >= 0.3 is 0 Å². The molecule has 0 spiro atoms. The number of nitrogens with zero attached hydrogens (tertiary/aromatic N) is 1. The third kappa shape index (κ3) is 1.44. The number of hydrogen-bond donors (Lipinski definition) is 1. The maximum absolute atomic E-state index is 5.74. The first-order valence-corrected chi connectivity index (χ1v) is 6.23. The second-order valence-electron chi connectivity index (χ2n) is 5.42. The summed E-state index contributed by atoms with van der Waals surface area (Å²) in [5.74, 6) is 2.58. The summed E-state index contributed by atoms with van der Waals surface area (Å²) in [6.45, 7) is 7.69. The topological polar surface area (TPSA) is 29.3 Å². The van der Waals surface area contributed by atoms with Gasteiger partial charge in [-0.1, -0.05) is 17.7 Å². The molecule has 2 fully saturated rings. The van der Waals surface area contributed by atoms with Crippen LogP contribution in [0.4, 0.5) is 5.69 Å². The van der Waals surface area contributed by atoms with Crippen LogP contribution in [0.1, 0.15) is 11.1 Å². The second kappa shape index (κ2) is 3.49. The van der Waals surface area contributed by atoms with Gasteiger partial charge in [0.1, 0.15) is 0 Å². The Hall–Kier alpha value is -1.02. The Kier molecular flexibility index (Phi) is 2.21. The van der Waals surface area contributed by atoms with Crippen LogP contribution in [0.25, 0.3) is 0 Å². The molecule has 1 aliphatic heterocycles. The van der Waals surface area contributed by atoms with Gasteiger partial charge in [0.2, 0.25) is 0 Å². The van der Waals surface area contributed by atoms with Crippen LogP contribution in [-0.2, 0) is 0 Å². The van der Waals surface area contributed by atoms with Crippen LogP contribution in [0, 0.1) is 31.6 Å². The van der Waals surface area contributed by atoms with E-state index in [1.807, 2.05) is 0 Å². The number of anilines is 1. The van der Waals surface area contributed by atoms with Crippen LogP contribution in [0.15, 0.2) is 18.2 Å². The minimum Gasteiger partial charge on any atom is -0.371 e. The van der Waals surface area contributed by atoms with Gasteiger partial charge in [-0.05, 0) is 49.8 Å². The SMILES string of the molecule is Cc1ccc(N2CC3C(CN)C3C2)c(C)c1. The van der Waals surface area contributed by atoms with Crippen LogP contribution in [-0.4, -0.2) is 19.6 Å². The molecule has 1 aliphatic carbocycles. The first-order valence-electron chi connectivity index (χ1n) is 6.23. The third-order valence-corrected chi connectivity index (χ3v) is 4.34. The molecule has 2 heteroatoms. The van der Waals surface area contributed by atoms with Gasteiger partial charge in [-0.3, -0.25) is 0 Å². The standard InChI is InChI=1S/C14H20N2/c1-9-3-4-14(10(2)5-9)16-7-12-11(6-15)13(12)8-16/h3-5,11-13H,6-8,15H2,1-2H3. The summed E-state index contributed by atoms with van der Waals surface area (Å²) < 4.78 is 0. The minimum absolute atomic E-state index is 0.821. The van der Waals surface area contributed by atoms with Crippen LogP contribution < -0.4 is 10.6 Å². The van der Waals surface area contributed by atoms with Crippen LogP contribution in [0.5, 0.6) is 0 Å². The van der Waals surface area contributed by atoms with E-state index in [2.05, 4.69) is 36.9 Å². The fraction of sp³-hybridized carbons (Fsp3) is 0.571. The number of aryl methyl sites for hydroxylation is 2. The highest BCUT2D eigenvalue weighted by Crippen LogP contribution is 2.52. The molecule has 3 rings (SSSR count). The predicted molar refractivity (Wildman–Crippen MR) is 67.7 cm³/mol. The van der Waals surface area contributed by atoms with Gasteiger partial charge in [-0.2, -0.15) is 0 Å². The van der Waals surface area contributed by atoms with E-state index in [0.717, 1.165) is 24.3 Å². The largest absolute Gasteiger partial charge is 0.371 e. The molecule has 0 radical (unpaired) electrons. The zero-order chi connectivity index (χ0) is 11.3. The van der Waals surface area contributed by atoms with E-state index in [1.54, 1.807) is 0 Å². The van der Waals surface area contributed by atoms with Crippen molar-refractivity contribution in [1.82, 2.24) is 0 Å². The summed E-state index contributed by atoms with van der Waals surface area (Å²) in [5.41, 5.74) is 9.92. The van der Waals surface area contributed by atoms with Crippen molar-refractivity contribution in [2.24, 2.45) is 23.5 Å². The van der Waals surface area contributed by atoms with Crippen molar-refractivity contribution in [3.8, 4) is 0 Å². The minimum atomic E-state index is 0.821. The second-order valence-corrected chi connectivity index (χ2v) is 5.42. The molecule has 2 N–H and O–H groups in total. The highest BCUT2D eigenvalue weighted by Gasteiger charge is 2.54. The first kappa shape index (κ1) is 10.2. The Morgan fingerprint density at radius 3 is 2.50 bits per heavy atom. The van der Waals surface area contributed by atoms with E-state index in [9.17, 15) is 0 Å². The Labute approximate surface area is 97.4 Å². The van der Waals surface area contributed by atoms with Gasteiger partial charge in [-0.25, -0.2) is 0 Å². The molecular formula is C14H20N2. The Morgan fingerprint density at radius 2 is 1.94 bits per heavy atom. The first-order chi connectivity index (χ1) is 7.70. The summed E-state index contributed by atoms with van der Waals surface area (Å²) >= 11 is 0. The summed E-state index contributed by atoms with van der Waals surface area (Å²) in [4.78, 5) is 2.54. The summed E-state index contributed by atoms with van der Waals surface area (Å²) in [7, 11) is 0. The van der Waals surface area contributed by atoms with Crippen LogP contribution >= 0.6 is 0 Å². The van der Waals surface area contributed by atoms with E-state index in [-0.39, 0.29) is 0 Å². The normalized spacial score (nSPS) is 31.7. The Morgan fingerprint density at radius 1 is 1.25 bits per heavy atom.